The van der Waals surface area contributed by atoms with Crippen LogP contribution in [0.4, 0.5) is 5.13 Å². The highest BCUT2D eigenvalue weighted by Gasteiger charge is 2.10. The molecule has 4 nitrogen and oxygen atoms in total. The molecule has 0 radical (unpaired) electrons. The van der Waals surface area contributed by atoms with Crippen molar-refractivity contribution < 1.29 is 9.53 Å². The van der Waals surface area contributed by atoms with Gasteiger partial charge in [-0.05, 0) is 48.7 Å². The predicted octanol–water partition coefficient (Wildman–Crippen LogP) is 4.10. The Morgan fingerprint density at radius 2 is 2.04 bits per heavy atom. The van der Waals surface area contributed by atoms with E-state index in [1.807, 2.05) is 44.2 Å². The number of ether oxygens (including phenoxy) is 1. The highest BCUT2D eigenvalue weighted by atomic mass is 32.1. The number of thiazole rings is 1. The molecule has 0 unspecified atom stereocenters. The predicted molar refractivity (Wildman–Crippen MR) is 94.4 cm³/mol. The zero-order chi connectivity index (χ0) is 16.4. The maximum atomic E-state index is 12.2. The van der Waals surface area contributed by atoms with Crippen molar-refractivity contribution in [2.45, 2.75) is 20.3 Å². The molecule has 0 aliphatic rings. The lowest BCUT2D eigenvalue weighted by Gasteiger charge is -2.07. The van der Waals surface area contributed by atoms with Crippen molar-refractivity contribution in [3.63, 3.8) is 0 Å². The summed E-state index contributed by atoms with van der Waals surface area (Å²) in [5, 5.41) is 3.51. The molecule has 0 saturated heterocycles. The smallest absolute Gasteiger partial charge is 0.230 e. The summed E-state index contributed by atoms with van der Waals surface area (Å²) in [5.41, 5.74) is 4.07. The molecule has 2 aromatic carbocycles. The van der Waals surface area contributed by atoms with Crippen molar-refractivity contribution in [3.8, 4) is 5.75 Å². The Morgan fingerprint density at radius 3 is 2.83 bits per heavy atom. The van der Waals surface area contributed by atoms with Crippen molar-refractivity contribution >= 4 is 32.6 Å². The van der Waals surface area contributed by atoms with Crippen LogP contribution in [-0.2, 0) is 11.2 Å². The van der Waals surface area contributed by atoms with E-state index in [1.165, 1.54) is 16.9 Å². The molecule has 3 rings (SSSR count). The van der Waals surface area contributed by atoms with Gasteiger partial charge in [-0.25, -0.2) is 4.98 Å². The number of amides is 1. The summed E-state index contributed by atoms with van der Waals surface area (Å²) in [7, 11) is 1.63. The average molecular weight is 326 g/mol. The highest BCUT2D eigenvalue weighted by Crippen LogP contribution is 2.27. The minimum Gasteiger partial charge on any atom is -0.496 e. The van der Waals surface area contributed by atoms with E-state index in [9.17, 15) is 4.79 Å². The average Bonchev–Trinajstić information content (AvgIpc) is 2.90. The molecular formula is C18H18N2O2S. The third-order valence-electron chi connectivity index (χ3n) is 3.63. The summed E-state index contributed by atoms with van der Waals surface area (Å²) in [6.45, 7) is 4.02. The zero-order valence-corrected chi connectivity index (χ0v) is 14.2. The molecule has 0 atom stereocenters. The van der Waals surface area contributed by atoms with Gasteiger partial charge in [0.2, 0.25) is 5.91 Å². The number of aromatic nitrogens is 1. The first-order chi connectivity index (χ1) is 11.0. The normalized spacial score (nSPS) is 10.7. The second-order valence-electron chi connectivity index (χ2n) is 5.52. The Kier molecular flexibility index (Phi) is 4.30. The van der Waals surface area contributed by atoms with Gasteiger partial charge in [-0.1, -0.05) is 29.5 Å². The number of fused-ring (bicyclic) bond motifs is 1. The van der Waals surface area contributed by atoms with E-state index >= 15 is 0 Å². The Balaban J connectivity index is 1.73. The molecular weight excluding hydrogens is 308 g/mol. The van der Waals surface area contributed by atoms with Crippen molar-refractivity contribution in [1.82, 2.24) is 4.98 Å². The van der Waals surface area contributed by atoms with E-state index in [1.54, 1.807) is 7.11 Å². The molecule has 0 aliphatic carbocycles. The van der Waals surface area contributed by atoms with Crippen LogP contribution in [0, 0.1) is 13.8 Å². The van der Waals surface area contributed by atoms with Gasteiger partial charge in [0.1, 0.15) is 5.75 Å². The van der Waals surface area contributed by atoms with Gasteiger partial charge >= 0.3 is 0 Å². The third-order valence-corrected chi connectivity index (χ3v) is 4.56. The number of nitrogens with zero attached hydrogens (tertiary/aromatic N) is 1. The van der Waals surface area contributed by atoms with E-state index in [0.717, 1.165) is 27.1 Å². The van der Waals surface area contributed by atoms with Gasteiger partial charge in [0, 0.05) is 0 Å². The standard InChI is InChI=1S/C18H18N2O2S/c1-11-4-7-14-16(8-11)23-18(19-14)20-17(21)10-13-6-5-12(2)15(9-13)22-3/h4-9H,10H2,1-3H3,(H,19,20,21). The molecule has 1 heterocycles. The van der Waals surface area contributed by atoms with E-state index in [4.69, 9.17) is 4.74 Å². The van der Waals surface area contributed by atoms with Crippen molar-refractivity contribution in [2.75, 3.05) is 12.4 Å². The molecule has 1 N–H and O–H groups in total. The number of benzene rings is 2. The topological polar surface area (TPSA) is 51.2 Å². The summed E-state index contributed by atoms with van der Waals surface area (Å²) in [6, 6.07) is 11.9. The minimum atomic E-state index is -0.0771. The lowest BCUT2D eigenvalue weighted by molar-refractivity contribution is -0.115. The van der Waals surface area contributed by atoms with Gasteiger partial charge in [0.25, 0.3) is 0 Å². The molecule has 0 saturated carbocycles. The van der Waals surface area contributed by atoms with Crippen LogP contribution in [0.5, 0.6) is 5.75 Å². The number of hydrogen-bond acceptors (Lipinski definition) is 4. The number of hydrogen-bond donors (Lipinski definition) is 1. The van der Waals surface area contributed by atoms with Crippen molar-refractivity contribution in [2.24, 2.45) is 0 Å². The third kappa shape index (κ3) is 3.51. The molecule has 0 spiro atoms. The Labute approximate surface area is 139 Å². The quantitative estimate of drug-likeness (QED) is 0.785. The highest BCUT2D eigenvalue weighted by molar-refractivity contribution is 7.22. The van der Waals surface area contributed by atoms with Crippen LogP contribution in [0.25, 0.3) is 10.2 Å². The number of rotatable bonds is 4. The lowest BCUT2D eigenvalue weighted by atomic mass is 10.1. The van der Waals surface area contributed by atoms with Crippen molar-refractivity contribution in [1.29, 1.82) is 0 Å². The van der Waals surface area contributed by atoms with Crippen LogP contribution >= 0.6 is 11.3 Å². The summed E-state index contributed by atoms with van der Waals surface area (Å²) >= 11 is 1.49. The second kappa shape index (κ2) is 6.38. The second-order valence-corrected chi connectivity index (χ2v) is 6.55. The fourth-order valence-corrected chi connectivity index (χ4v) is 3.39. The maximum absolute atomic E-state index is 12.2. The van der Waals surface area contributed by atoms with Gasteiger partial charge in [-0.3, -0.25) is 4.79 Å². The lowest BCUT2D eigenvalue weighted by Crippen LogP contribution is -2.14. The van der Waals surface area contributed by atoms with Crippen LogP contribution < -0.4 is 10.1 Å². The van der Waals surface area contributed by atoms with Gasteiger partial charge in [-0.2, -0.15) is 0 Å². The van der Waals surface area contributed by atoms with E-state index < -0.39 is 0 Å². The fraction of sp³-hybridized carbons (Fsp3) is 0.222. The number of methoxy groups -OCH3 is 1. The molecule has 1 aromatic heterocycles. The zero-order valence-electron chi connectivity index (χ0n) is 13.3. The molecule has 5 heteroatoms. The van der Waals surface area contributed by atoms with E-state index in [-0.39, 0.29) is 5.91 Å². The Bertz CT molecular complexity index is 871. The van der Waals surface area contributed by atoms with E-state index in [0.29, 0.717) is 11.6 Å². The molecule has 0 fully saturated rings. The molecule has 23 heavy (non-hydrogen) atoms. The van der Waals surface area contributed by atoms with Gasteiger partial charge in [0.05, 0.1) is 23.7 Å². The molecule has 0 bridgehead atoms. The van der Waals surface area contributed by atoms with Gasteiger partial charge in [-0.15, -0.1) is 0 Å². The number of nitrogens with one attached hydrogen (secondary N) is 1. The van der Waals surface area contributed by atoms with E-state index in [2.05, 4.69) is 16.4 Å². The first-order valence-electron chi connectivity index (χ1n) is 7.36. The molecule has 3 aromatic rings. The summed E-state index contributed by atoms with van der Waals surface area (Å²) < 4.78 is 6.38. The first-order valence-corrected chi connectivity index (χ1v) is 8.17. The van der Waals surface area contributed by atoms with Crippen LogP contribution in [0.15, 0.2) is 36.4 Å². The monoisotopic (exact) mass is 326 g/mol. The Morgan fingerprint density at radius 1 is 1.22 bits per heavy atom. The number of carbonyl (C=O) groups is 1. The number of aryl methyl sites for hydroxylation is 2. The van der Waals surface area contributed by atoms with Crippen LogP contribution in [0.3, 0.4) is 0 Å². The van der Waals surface area contributed by atoms with Crippen molar-refractivity contribution in [3.05, 3.63) is 53.1 Å². The Hall–Kier alpha value is -2.40. The van der Waals surface area contributed by atoms with Gasteiger partial charge in [0.15, 0.2) is 5.13 Å². The van der Waals surface area contributed by atoms with Crippen LogP contribution in [0.1, 0.15) is 16.7 Å². The minimum absolute atomic E-state index is 0.0771. The largest absolute Gasteiger partial charge is 0.496 e. The number of anilines is 1. The number of carbonyl (C=O) groups excluding carboxylic acids is 1. The molecule has 118 valence electrons. The van der Waals surface area contributed by atoms with Gasteiger partial charge < -0.3 is 10.1 Å². The summed E-state index contributed by atoms with van der Waals surface area (Å²) in [4.78, 5) is 16.7. The summed E-state index contributed by atoms with van der Waals surface area (Å²) in [5.74, 6) is 0.720. The fourth-order valence-electron chi connectivity index (χ4n) is 2.41. The van der Waals surface area contributed by atoms with Crippen LogP contribution in [0.2, 0.25) is 0 Å². The molecule has 0 aliphatic heterocycles. The van der Waals surface area contributed by atoms with Crippen LogP contribution in [-0.4, -0.2) is 18.0 Å². The molecule has 1 amide bonds. The SMILES string of the molecule is COc1cc(CC(=O)Nc2nc3ccc(C)cc3s2)ccc1C. The first kappa shape index (κ1) is 15.5. The summed E-state index contributed by atoms with van der Waals surface area (Å²) in [6.07, 6.45) is 0.297. The maximum Gasteiger partial charge on any atom is 0.230 e.